The minimum atomic E-state index is -4.34. The summed E-state index contributed by atoms with van der Waals surface area (Å²) in [6.07, 6.45) is 4.30. The van der Waals surface area contributed by atoms with E-state index in [1.807, 2.05) is 12.1 Å². The topological polar surface area (TPSA) is 27.0 Å². The van der Waals surface area contributed by atoms with Crippen LogP contribution in [0.5, 0.6) is 0 Å². The Hall–Kier alpha value is -3.10. The maximum Gasteiger partial charge on any atom is 0.416 e. The van der Waals surface area contributed by atoms with E-state index in [2.05, 4.69) is 53.4 Å². The zero-order chi connectivity index (χ0) is 27.5. The van der Waals surface area contributed by atoms with E-state index >= 15 is 0 Å². The molecule has 3 aromatic rings. The minimum Gasteiger partial charge on any atom is -0.295 e. The van der Waals surface area contributed by atoms with E-state index in [1.54, 1.807) is 12.1 Å². The lowest BCUT2D eigenvalue weighted by Gasteiger charge is -2.53. The first-order valence-corrected chi connectivity index (χ1v) is 14.8. The predicted octanol–water partition coefficient (Wildman–Crippen LogP) is 8.65. The van der Waals surface area contributed by atoms with Crippen molar-refractivity contribution in [2.45, 2.75) is 68.5 Å². The van der Waals surface area contributed by atoms with Gasteiger partial charge in [-0.3, -0.25) is 4.90 Å². The molecule has 5 heteroatoms. The third-order valence-corrected chi connectivity index (χ3v) is 10.9. The molecular formula is C35H35F3N2. The first kappa shape index (κ1) is 25.8. The fourth-order valence-corrected chi connectivity index (χ4v) is 9.48. The molecule has 0 N–H and O–H groups in total. The van der Waals surface area contributed by atoms with Gasteiger partial charge in [-0.1, -0.05) is 73.9 Å². The molecule has 1 saturated heterocycles. The summed E-state index contributed by atoms with van der Waals surface area (Å²) in [6.45, 7) is 2.10. The Morgan fingerprint density at radius 1 is 0.825 bits per heavy atom. The molecule has 1 heterocycles. The van der Waals surface area contributed by atoms with E-state index in [9.17, 15) is 18.4 Å². The Balaban J connectivity index is 1.31. The van der Waals surface area contributed by atoms with Gasteiger partial charge in [-0.15, -0.1) is 0 Å². The van der Waals surface area contributed by atoms with Gasteiger partial charge in [0.15, 0.2) is 0 Å². The average Bonchev–Trinajstić information content (AvgIpc) is 3.52. The highest BCUT2D eigenvalue weighted by Crippen LogP contribution is 2.82. The van der Waals surface area contributed by atoms with E-state index < -0.39 is 11.7 Å². The summed E-state index contributed by atoms with van der Waals surface area (Å²) in [5.74, 6) is 1.24. The number of nitrogens with zero attached hydrogens (tertiary/aromatic N) is 2. The molecule has 4 saturated carbocycles. The van der Waals surface area contributed by atoms with Crippen molar-refractivity contribution in [1.29, 1.82) is 5.26 Å². The van der Waals surface area contributed by atoms with Crippen LogP contribution in [0.25, 0.3) is 0 Å². The maximum atomic E-state index is 13.5. The van der Waals surface area contributed by atoms with Gasteiger partial charge in [-0.25, -0.2) is 0 Å². The molecule has 0 amide bonds. The van der Waals surface area contributed by atoms with Gasteiger partial charge >= 0.3 is 6.18 Å². The third-order valence-electron chi connectivity index (χ3n) is 10.9. The minimum absolute atomic E-state index is 0.0945. The molecule has 40 heavy (non-hydrogen) atoms. The molecule has 1 aliphatic heterocycles. The molecule has 8 rings (SSSR count). The van der Waals surface area contributed by atoms with E-state index in [1.165, 1.54) is 55.4 Å². The van der Waals surface area contributed by atoms with Crippen LogP contribution >= 0.6 is 0 Å². The van der Waals surface area contributed by atoms with Gasteiger partial charge in [0.05, 0.1) is 17.2 Å². The highest BCUT2D eigenvalue weighted by atomic mass is 19.4. The highest BCUT2D eigenvalue weighted by molar-refractivity contribution is 5.50. The zero-order valence-electron chi connectivity index (χ0n) is 22.7. The second-order valence-electron chi connectivity index (χ2n) is 12.9. The van der Waals surface area contributed by atoms with Crippen molar-refractivity contribution >= 4 is 0 Å². The summed E-state index contributed by atoms with van der Waals surface area (Å²) in [6, 6.07) is 27.5. The predicted molar refractivity (Wildman–Crippen MR) is 150 cm³/mol. The SMILES string of the molecule is N#Cc1ccc(C23CC4(C2)[C@H](CN(CC2CCCCC2)[C@@H]4c2ccccc2)C3c2ccc(C(F)(F)F)cc2)cc1. The lowest BCUT2D eigenvalue weighted by atomic mass is 9.52. The van der Waals surface area contributed by atoms with E-state index in [0.29, 0.717) is 17.5 Å². The number of benzene rings is 3. The van der Waals surface area contributed by atoms with Crippen LogP contribution in [0.15, 0.2) is 78.9 Å². The van der Waals surface area contributed by atoms with Crippen LogP contribution in [0, 0.1) is 28.6 Å². The standard InChI is InChI=1S/C35H35F3N2/c36-35(37,38)29-17-13-26(14-18-29)31-30-21-40(20-25-7-3-1-4-8-25)32(27-9-5-2-6-10-27)34(30)22-33(31,23-34)28-15-11-24(19-39)12-16-28/h2,5-6,9-18,25,30-32H,1,3-4,7-8,20-23H2/t30-,31?,32-,33?,34?/m1/s1. The van der Waals surface area contributed by atoms with Gasteiger partial charge in [0, 0.05) is 24.5 Å². The summed E-state index contributed by atoms with van der Waals surface area (Å²) in [5.41, 5.74) is 3.65. The Morgan fingerprint density at radius 2 is 1.50 bits per heavy atom. The first-order chi connectivity index (χ1) is 19.3. The number of hydrogen-bond donors (Lipinski definition) is 0. The van der Waals surface area contributed by atoms with Crippen LogP contribution in [0.4, 0.5) is 13.2 Å². The third kappa shape index (κ3) is 3.94. The average molecular weight is 541 g/mol. The fourth-order valence-electron chi connectivity index (χ4n) is 9.48. The van der Waals surface area contributed by atoms with Gasteiger partial charge in [-0.05, 0) is 89.8 Å². The van der Waals surface area contributed by atoms with Crippen molar-refractivity contribution in [2.75, 3.05) is 13.1 Å². The Bertz CT molecular complexity index is 1390. The summed E-state index contributed by atoms with van der Waals surface area (Å²) in [4.78, 5) is 2.76. The van der Waals surface area contributed by atoms with Crippen LogP contribution in [-0.4, -0.2) is 18.0 Å². The van der Waals surface area contributed by atoms with E-state index in [-0.39, 0.29) is 16.7 Å². The molecule has 5 aliphatic rings. The first-order valence-electron chi connectivity index (χ1n) is 14.8. The largest absolute Gasteiger partial charge is 0.416 e. The summed E-state index contributed by atoms with van der Waals surface area (Å²) >= 11 is 0. The lowest BCUT2D eigenvalue weighted by Crippen LogP contribution is -2.48. The molecule has 206 valence electrons. The molecule has 0 aromatic heterocycles. The van der Waals surface area contributed by atoms with Gasteiger partial charge in [-0.2, -0.15) is 18.4 Å². The number of nitriles is 1. The summed E-state index contributed by atoms with van der Waals surface area (Å²) in [5, 5.41) is 9.40. The Kier molecular flexibility index (Phi) is 6.13. The summed E-state index contributed by atoms with van der Waals surface area (Å²) in [7, 11) is 0. The lowest BCUT2D eigenvalue weighted by molar-refractivity contribution is -0.137. The van der Waals surface area contributed by atoms with E-state index in [0.717, 1.165) is 37.4 Å². The van der Waals surface area contributed by atoms with Crippen LogP contribution in [0.1, 0.15) is 84.7 Å². The number of alkyl halides is 3. The fraction of sp³-hybridized carbons (Fsp3) is 0.457. The van der Waals surface area contributed by atoms with Crippen molar-refractivity contribution in [3.05, 3.63) is 107 Å². The number of likely N-dealkylation sites (tertiary alicyclic amines) is 1. The molecule has 0 radical (unpaired) electrons. The smallest absolute Gasteiger partial charge is 0.295 e. The van der Waals surface area contributed by atoms with Gasteiger partial charge in [0.1, 0.15) is 0 Å². The van der Waals surface area contributed by atoms with Crippen molar-refractivity contribution in [1.82, 2.24) is 4.90 Å². The van der Waals surface area contributed by atoms with Crippen LogP contribution in [0.2, 0.25) is 0 Å². The number of rotatable bonds is 5. The Morgan fingerprint density at radius 3 is 2.12 bits per heavy atom. The highest BCUT2D eigenvalue weighted by Gasteiger charge is 2.77. The number of hydrogen-bond acceptors (Lipinski definition) is 2. The molecule has 4 aliphatic carbocycles. The van der Waals surface area contributed by atoms with Gasteiger partial charge < -0.3 is 0 Å². The quantitative estimate of drug-likeness (QED) is 0.324. The normalized spacial score (nSPS) is 31.9. The second-order valence-corrected chi connectivity index (χ2v) is 12.9. The van der Waals surface area contributed by atoms with Crippen LogP contribution in [-0.2, 0) is 11.6 Å². The van der Waals surface area contributed by atoms with Crippen LogP contribution in [0.3, 0.4) is 0 Å². The molecule has 1 unspecified atom stereocenters. The molecule has 2 nitrogen and oxygen atoms in total. The van der Waals surface area contributed by atoms with Gasteiger partial charge in [0.25, 0.3) is 0 Å². The monoisotopic (exact) mass is 540 g/mol. The van der Waals surface area contributed by atoms with E-state index in [4.69, 9.17) is 0 Å². The summed E-state index contributed by atoms with van der Waals surface area (Å²) < 4.78 is 40.5. The molecule has 1 spiro atoms. The van der Waals surface area contributed by atoms with Crippen LogP contribution < -0.4 is 0 Å². The molecule has 3 aromatic carbocycles. The van der Waals surface area contributed by atoms with Gasteiger partial charge in [0.2, 0.25) is 0 Å². The molecular weight excluding hydrogens is 505 g/mol. The molecule has 2 bridgehead atoms. The second kappa shape index (κ2) is 9.48. The Labute approximate surface area is 234 Å². The van der Waals surface area contributed by atoms with Crippen molar-refractivity contribution in [2.24, 2.45) is 17.3 Å². The zero-order valence-corrected chi connectivity index (χ0v) is 22.7. The molecule has 5 fully saturated rings. The van der Waals surface area contributed by atoms with Crippen molar-refractivity contribution in [3.8, 4) is 6.07 Å². The number of halogens is 3. The maximum absolute atomic E-state index is 13.5. The van der Waals surface area contributed by atoms with Crippen molar-refractivity contribution in [3.63, 3.8) is 0 Å². The van der Waals surface area contributed by atoms with Crippen molar-refractivity contribution < 1.29 is 13.2 Å². The molecule has 3 atom stereocenters.